The number of amides is 2. The maximum absolute atomic E-state index is 13.7. The number of ether oxygens (including phenoxy) is 1. The van der Waals surface area contributed by atoms with Gasteiger partial charge in [0, 0.05) is 32.4 Å². The van der Waals surface area contributed by atoms with Crippen molar-refractivity contribution in [2.45, 2.75) is 6.92 Å². The maximum Gasteiger partial charge on any atom is 0.409 e. The minimum Gasteiger partial charge on any atom is -0.450 e. The number of nitrogens with one attached hydrogen (secondary N) is 1. The van der Waals surface area contributed by atoms with E-state index in [1.807, 2.05) is 0 Å². The zero-order valence-corrected chi connectivity index (χ0v) is 15.3. The third kappa shape index (κ3) is 4.36. The molecule has 2 aromatic rings. The lowest BCUT2D eigenvalue weighted by atomic mass is 10.2. The van der Waals surface area contributed by atoms with Crippen LogP contribution in [0.1, 0.15) is 17.3 Å². The zero-order valence-electron chi connectivity index (χ0n) is 15.3. The van der Waals surface area contributed by atoms with Gasteiger partial charge in [-0.1, -0.05) is 6.07 Å². The van der Waals surface area contributed by atoms with E-state index in [1.54, 1.807) is 16.7 Å². The summed E-state index contributed by atoms with van der Waals surface area (Å²) in [6.45, 7) is 3.61. The van der Waals surface area contributed by atoms with Gasteiger partial charge in [-0.15, -0.1) is 0 Å². The van der Waals surface area contributed by atoms with Crippen LogP contribution in [0.5, 0.6) is 0 Å². The fraction of sp³-hybridized carbons (Fsp3) is 0.316. The van der Waals surface area contributed by atoms with Crippen LogP contribution in [0.3, 0.4) is 0 Å². The largest absolute Gasteiger partial charge is 0.450 e. The van der Waals surface area contributed by atoms with E-state index in [0.717, 1.165) is 12.1 Å². The number of benzene rings is 1. The topological polar surface area (TPSA) is 74.8 Å². The highest BCUT2D eigenvalue weighted by Crippen LogP contribution is 2.22. The number of para-hydroxylation sites is 1. The number of halogens is 2. The normalized spacial score (nSPS) is 14.0. The number of hydrogen-bond donors (Lipinski definition) is 1. The summed E-state index contributed by atoms with van der Waals surface area (Å²) in [6, 6.07) is 6.56. The van der Waals surface area contributed by atoms with Gasteiger partial charge in [0.15, 0.2) is 0 Å². The summed E-state index contributed by atoms with van der Waals surface area (Å²) in [7, 11) is 0. The highest BCUT2D eigenvalue weighted by atomic mass is 19.1. The molecule has 0 saturated carbocycles. The third-order valence-electron chi connectivity index (χ3n) is 4.32. The van der Waals surface area contributed by atoms with Crippen LogP contribution in [0.2, 0.25) is 0 Å². The minimum absolute atomic E-state index is 0.215. The molecule has 1 aliphatic rings. The van der Waals surface area contributed by atoms with Gasteiger partial charge in [-0.2, -0.15) is 0 Å². The lowest BCUT2D eigenvalue weighted by Gasteiger charge is -2.34. The van der Waals surface area contributed by atoms with Gasteiger partial charge < -0.3 is 19.9 Å². The lowest BCUT2D eigenvalue weighted by molar-refractivity contribution is 0.0570. The predicted octanol–water partition coefficient (Wildman–Crippen LogP) is 3.02. The van der Waals surface area contributed by atoms with Crippen molar-refractivity contribution in [3.63, 3.8) is 0 Å². The SMILES string of the molecule is CCOC(=O)N1CCN(C(=O)c2ccc(Nc3c(F)cccc3F)nc2)CC1. The number of hydrogen-bond acceptors (Lipinski definition) is 5. The Labute approximate surface area is 160 Å². The number of piperazine rings is 1. The lowest BCUT2D eigenvalue weighted by Crippen LogP contribution is -2.50. The first-order valence-electron chi connectivity index (χ1n) is 8.87. The molecule has 0 radical (unpaired) electrons. The number of pyridine rings is 1. The van der Waals surface area contributed by atoms with Gasteiger partial charge in [-0.05, 0) is 31.2 Å². The Morgan fingerprint density at radius 1 is 1.07 bits per heavy atom. The van der Waals surface area contributed by atoms with Crippen molar-refractivity contribution in [1.29, 1.82) is 0 Å². The molecule has 1 saturated heterocycles. The Balaban J connectivity index is 1.61. The summed E-state index contributed by atoms with van der Waals surface area (Å²) in [4.78, 5) is 31.5. The molecule has 28 heavy (non-hydrogen) atoms. The van der Waals surface area contributed by atoms with Crippen LogP contribution in [-0.4, -0.2) is 59.6 Å². The molecule has 1 aromatic heterocycles. The van der Waals surface area contributed by atoms with Gasteiger partial charge in [-0.3, -0.25) is 4.79 Å². The Hall–Kier alpha value is -3.23. The monoisotopic (exact) mass is 390 g/mol. The van der Waals surface area contributed by atoms with E-state index in [0.29, 0.717) is 38.3 Å². The van der Waals surface area contributed by atoms with Crippen LogP contribution >= 0.6 is 0 Å². The molecular weight excluding hydrogens is 370 g/mol. The van der Waals surface area contributed by atoms with Crippen LogP contribution in [0, 0.1) is 11.6 Å². The molecule has 2 amide bonds. The molecule has 7 nitrogen and oxygen atoms in total. The maximum atomic E-state index is 13.7. The summed E-state index contributed by atoms with van der Waals surface area (Å²) in [5, 5.41) is 2.57. The van der Waals surface area contributed by atoms with E-state index >= 15 is 0 Å². The molecular formula is C19H20F2N4O3. The van der Waals surface area contributed by atoms with E-state index in [2.05, 4.69) is 10.3 Å². The van der Waals surface area contributed by atoms with Crippen molar-refractivity contribution in [1.82, 2.24) is 14.8 Å². The van der Waals surface area contributed by atoms with Crippen LogP contribution < -0.4 is 5.32 Å². The summed E-state index contributed by atoms with van der Waals surface area (Å²) in [5.41, 5.74) is 0.0494. The second-order valence-corrected chi connectivity index (χ2v) is 6.13. The fourth-order valence-corrected chi connectivity index (χ4v) is 2.83. The third-order valence-corrected chi connectivity index (χ3v) is 4.32. The van der Waals surface area contributed by atoms with Gasteiger partial charge in [0.2, 0.25) is 0 Å². The van der Waals surface area contributed by atoms with E-state index in [1.165, 1.54) is 24.4 Å². The smallest absolute Gasteiger partial charge is 0.409 e. The van der Waals surface area contributed by atoms with Crippen LogP contribution in [-0.2, 0) is 4.74 Å². The number of anilines is 2. The van der Waals surface area contributed by atoms with Gasteiger partial charge in [-0.25, -0.2) is 18.6 Å². The molecule has 3 rings (SSSR count). The Morgan fingerprint density at radius 3 is 2.29 bits per heavy atom. The first-order chi connectivity index (χ1) is 13.5. The summed E-state index contributed by atoms with van der Waals surface area (Å²) >= 11 is 0. The zero-order chi connectivity index (χ0) is 20.1. The van der Waals surface area contributed by atoms with Crippen molar-refractivity contribution in [2.24, 2.45) is 0 Å². The summed E-state index contributed by atoms with van der Waals surface area (Å²) in [6.07, 6.45) is 0.966. The summed E-state index contributed by atoms with van der Waals surface area (Å²) < 4.78 is 32.3. The predicted molar refractivity (Wildman–Crippen MR) is 98.4 cm³/mol. The van der Waals surface area contributed by atoms with E-state index in [-0.39, 0.29) is 23.5 Å². The van der Waals surface area contributed by atoms with Gasteiger partial charge in [0.1, 0.15) is 23.1 Å². The first kappa shape index (κ1) is 19.5. The number of rotatable bonds is 4. The van der Waals surface area contributed by atoms with Crippen molar-refractivity contribution >= 4 is 23.5 Å². The second-order valence-electron chi connectivity index (χ2n) is 6.13. The molecule has 148 valence electrons. The van der Waals surface area contributed by atoms with Crippen LogP contribution in [0.15, 0.2) is 36.5 Å². The number of aromatic nitrogens is 1. The Bertz CT molecular complexity index is 833. The van der Waals surface area contributed by atoms with Crippen molar-refractivity contribution < 1.29 is 23.1 Å². The minimum atomic E-state index is -0.735. The molecule has 0 aliphatic carbocycles. The summed E-state index contributed by atoms with van der Waals surface area (Å²) in [5.74, 6) is -1.48. The average molecular weight is 390 g/mol. The molecule has 9 heteroatoms. The molecule has 2 heterocycles. The standard InChI is InChI=1S/C19H20F2N4O3/c1-2-28-19(27)25-10-8-24(9-11-25)18(26)13-6-7-16(22-12-13)23-17-14(20)4-3-5-15(17)21/h3-7,12H,2,8-11H2,1H3,(H,22,23). The van der Waals surface area contributed by atoms with Crippen molar-refractivity contribution in [2.75, 3.05) is 38.1 Å². The molecule has 0 spiro atoms. The van der Waals surface area contributed by atoms with E-state index < -0.39 is 11.6 Å². The Morgan fingerprint density at radius 2 is 1.71 bits per heavy atom. The van der Waals surface area contributed by atoms with E-state index in [9.17, 15) is 18.4 Å². The van der Waals surface area contributed by atoms with Gasteiger partial charge in [0.05, 0.1) is 12.2 Å². The quantitative estimate of drug-likeness (QED) is 0.869. The highest BCUT2D eigenvalue weighted by Gasteiger charge is 2.25. The number of nitrogens with zero attached hydrogens (tertiary/aromatic N) is 3. The molecule has 1 fully saturated rings. The van der Waals surface area contributed by atoms with Crippen molar-refractivity contribution in [3.8, 4) is 0 Å². The first-order valence-corrected chi connectivity index (χ1v) is 8.87. The molecule has 1 N–H and O–H groups in total. The molecule has 0 atom stereocenters. The van der Waals surface area contributed by atoms with Crippen molar-refractivity contribution in [3.05, 3.63) is 53.7 Å². The average Bonchev–Trinajstić information content (AvgIpc) is 2.71. The van der Waals surface area contributed by atoms with Gasteiger partial charge >= 0.3 is 6.09 Å². The molecule has 0 bridgehead atoms. The number of carbonyl (C=O) groups excluding carboxylic acids is 2. The molecule has 1 aliphatic heterocycles. The molecule has 0 unspecified atom stereocenters. The van der Waals surface area contributed by atoms with Gasteiger partial charge in [0.25, 0.3) is 5.91 Å². The highest BCUT2D eigenvalue weighted by molar-refractivity contribution is 5.94. The van der Waals surface area contributed by atoms with Crippen LogP contribution in [0.4, 0.5) is 25.1 Å². The van der Waals surface area contributed by atoms with Crippen LogP contribution in [0.25, 0.3) is 0 Å². The van der Waals surface area contributed by atoms with E-state index in [4.69, 9.17) is 4.74 Å². The molecule has 1 aromatic carbocycles. The fourth-order valence-electron chi connectivity index (χ4n) is 2.83. The number of carbonyl (C=O) groups is 2. The second kappa shape index (κ2) is 8.64. The Kier molecular flexibility index (Phi) is 6.03.